The van der Waals surface area contributed by atoms with Crippen LogP contribution in [0.15, 0.2) is 12.2 Å². The Morgan fingerprint density at radius 2 is 2.04 bits per heavy atom. The molecule has 3 heteroatoms. The van der Waals surface area contributed by atoms with Crippen LogP contribution in [0.25, 0.3) is 0 Å². The number of fused-ring (bicyclic) bond motifs is 1. The van der Waals surface area contributed by atoms with Crippen molar-refractivity contribution in [2.24, 2.45) is 29.1 Å². The molecule has 0 heterocycles. The number of aliphatic hydroxyl groups is 1. The van der Waals surface area contributed by atoms with Crippen molar-refractivity contribution < 1.29 is 14.6 Å². The lowest BCUT2D eigenvalue weighted by Crippen LogP contribution is -2.58. The Morgan fingerprint density at radius 1 is 1.33 bits per heavy atom. The van der Waals surface area contributed by atoms with Crippen LogP contribution in [0.5, 0.6) is 0 Å². The highest BCUT2D eigenvalue weighted by atomic mass is 16.6. The van der Waals surface area contributed by atoms with Crippen LogP contribution in [0.2, 0.25) is 0 Å². The first-order valence-electron chi connectivity index (χ1n) is 9.77. The molecule has 0 aliphatic heterocycles. The molecule has 2 aliphatic carbocycles. The number of aliphatic hydroxyl groups excluding tert-OH is 1. The Morgan fingerprint density at radius 3 is 2.62 bits per heavy atom. The molecular weight excluding hydrogens is 300 g/mol. The summed E-state index contributed by atoms with van der Waals surface area (Å²) in [5, 5.41) is 10.1. The van der Waals surface area contributed by atoms with E-state index in [4.69, 9.17) is 4.74 Å². The maximum Gasteiger partial charge on any atom is 0.312 e. The first kappa shape index (κ1) is 19.5. The predicted molar refractivity (Wildman–Crippen MR) is 97.5 cm³/mol. The lowest BCUT2D eigenvalue weighted by Gasteiger charge is -2.55. The van der Waals surface area contributed by atoms with Crippen LogP contribution in [0.1, 0.15) is 73.1 Å². The molecule has 24 heavy (non-hydrogen) atoms. The summed E-state index contributed by atoms with van der Waals surface area (Å²) in [7, 11) is 0. The third-order valence-electron chi connectivity index (χ3n) is 6.85. The molecule has 5 atom stereocenters. The number of rotatable bonds is 5. The summed E-state index contributed by atoms with van der Waals surface area (Å²) in [6.45, 7) is 10.4. The second kappa shape index (κ2) is 7.59. The van der Waals surface area contributed by atoms with Crippen molar-refractivity contribution in [2.45, 2.75) is 78.7 Å². The molecule has 0 amide bonds. The lowest BCUT2D eigenvalue weighted by molar-refractivity contribution is -0.210. The fourth-order valence-corrected chi connectivity index (χ4v) is 4.74. The number of carbonyl (C=O) groups is 1. The normalized spacial score (nSPS) is 37.2. The molecule has 2 rings (SSSR count). The smallest absolute Gasteiger partial charge is 0.312 e. The molecule has 3 nitrogen and oxygen atoms in total. The minimum atomic E-state index is -0.464. The molecule has 0 bridgehead atoms. The SMILES string of the molecule is CC=CC1CCC2(OC(=O)C(C)(C)CC)C(CCC(C)C2CO)C1. The van der Waals surface area contributed by atoms with E-state index in [1.165, 1.54) is 0 Å². The molecule has 0 saturated heterocycles. The van der Waals surface area contributed by atoms with Gasteiger partial charge in [-0.3, -0.25) is 4.79 Å². The Balaban J connectivity index is 2.31. The van der Waals surface area contributed by atoms with E-state index in [2.05, 4.69) is 26.0 Å². The van der Waals surface area contributed by atoms with Crippen molar-refractivity contribution in [3.8, 4) is 0 Å². The zero-order chi connectivity index (χ0) is 18.0. The van der Waals surface area contributed by atoms with Gasteiger partial charge in [-0.1, -0.05) is 26.0 Å². The van der Waals surface area contributed by atoms with Gasteiger partial charge in [0.15, 0.2) is 0 Å². The van der Waals surface area contributed by atoms with Gasteiger partial charge in [-0.2, -0.15) is 0 Å². The van der Waals surface area contributed by atoms with E-state index in [1.54, 1.807) is 0 Å². The maximum absolute atomic E-state index is 12.9. The van der Waals surface area contributed by atoms with Gasteiger partial charge in [0.05, 0.1) is 5.41 Å². The van der Waals surface area contributed by atoms with Crippen LogP contribution >= 0.6 is 0 Å². The fraction of sp³-hybridized carbons (Fsp3) is 0.857. The monoisotopic (exact) mass is 336 g/mol. The summed E-state index contributed by atoms with van der Waals surface area (Å²) in [5.74, 6) is 1.34. The highest BCUT2D eigenvalue weighted by Crippen LogP contribution is 2.53. The molecule has 0 aromatic heterocycles. The van der Waals surface area contributed by atoms with Crippen molar-refractivity contribution in [2.75, 3.05) is 6.61 Å². The zero-order valence-corrected chi connectivity index (χ0v) is 16.2. The van der Waals surface area contributed by atoms with Crippen molar-refractivity contribution in [3.05, 3.63) is 12.2 Å². The Hall–Kier alpha value is -0.830. The van der Waals surface area contributed by atoms with Gasteiger partial charge >= 0.3 is 5.97 Å². The van der Waals surface area contributed by atoms with Crippen molar-refractivity contribution >= 4 is 5.97 Å². The summed E-state index contributed by atoms with van der Waals surface area (Å²) < 4.78 is 6.32. The van der Waals surface area contributed by atoms with Crippen LogP contribution in [-0.2, 0) is 9.53 Å². The van der Waals surface area contributed by atoms with E-state index < -0.39 is 11.0 Å². The van der Waals surface area contributed by atoms with Gasteiger partial charge in [0, 0.05) is 12.5 Å². The first-order chi connectivity index (χ1) is 11.3. The van der Waals surface area contributed by atoms with Crippen molar-refractivity contribution in [1.29, 1.82) is 0 Å². The molecule has 0 spiro atoms. The van der Waals surface area contributed by atoms with Crippen LogP contribution in [0.4, 0.5) is 0 Å². The van der Waals surface area contributed by atoms with E-state index in [1.807, 2.05) is 20.8 Å². The van der Waals surface area contributed by atoms with Gasteiger partial charge < -0.3 is 9.84 Å². The molecule has 0 aromatic rings. The zero-order valence-electron chi connectivity index (χ0n) is 16.2. The minimum absolute atomic E-state index is 0.0689. The predicted octanol–water partition coefficient (Wildman–Crippen LogP) is 4.74. The Labute approximate surface area is 147 Å². The molecule has 0 radical (unpaired) electrons. The number of hydrogen-bond donors (Lipinski definition) is 1. The fourth-order valence-electron chi connectivity index (χ4n) is 4.74. The number of carbonyl (C=O) groups excluding carboxylic acids is 1. The van der Waals surface area contributed by atoms with Gasteiger partial charge in [-0.25, -0.2) is 0 Å². The lowest BCUT2D eigenvalue weighted by atomic mass is 9.57. The van der Waals surface area contributed by atoms with Crippen molar-refractivity contribution in [1.82, 2.24) is 0 Å². The third kappa shape index (κ3) is 3.56. The summed E-state index contributed by atoms with van der Waals surface area (Å²) in [4.78, 5) is 12.9. The molecular formula is C21H36O3. The highest BCUT2D eigenvalue weighted by molar-refractivity contribution is 5.76. The topological polar surface area (TPSA) is 46.5 Å². The quantitative estimate of drug-likeness (QED) is 0.583. The molecule has 2 fully saturated rings. The van der Waals surface area contributed by atoms with E-state index in [-0.39, 0.29) is 18.5 Å². The molecule has 1 N–H and O–H groups in total. The second-order valence-corrected chi connectivity index (χ2v) is 8.68. The molecule has 138 valence electrons. The summed E-state index contributed by atoms with van der Waals surface area (Å²) in [6.07, 6.45) is 10.4. The minimum Gasteiger partial charge on any atom is -0.458 e. The van der Waals surface area contributed by atoms with Gasteiger partial charge in [0.1, 0.15) is 5.60 Å². The van der Waals surface area contributed by atoms with Gasteiger partial charge in [-0.05, 0) is 77.0 Å². The average molecular weight is 337 g/mol. The maximum atomic E-state index is 12.9. The second-order valence-electron chi connectivity index (χ2n) is 8.68. The number of esters is 1. The van der Waals surface area contributed by atoms with Crippen LogP contribution in [0, 0.1) is 29.1 Å². The van der Waals surface area contributed by atoms with Gasteiger partial charge in [0.2, 0.25) is 0 Å². The molecule has 5 unspecified atom stereocenters. The average Bonchev–Trinajstić information content (AvgIpc) is 2.55. The van der Waals surface area contributed by atoms with Crippen molar-refractivity contribution in [3.63, 3.8) is 0 Å². The Bertz CT molecular complexity index is 468. The number of hydrogen-bond acceptors (Lipinski definition) is 3. The summed E-state index contributed by atoms with van der Waals surface area (Å²) >= 11 is 0. The first-order valence-corrected chi connectivity index (χ1v) is 9.77. The van der Waals surface area contributed by atoms with Gasteiger partial charge in [-0.15, -0.1) is 0 Å². The van der Waals surface area contributed by atoms with E-state index in [0.29, 0.717) is 17.8 Å². The van der Waals surface area contributed by atoms with Gasteiger partial charge in [0.25, 0.3) is 0 Å². The molecule has 2 aliphatic rings. The molecule has 0 aromatic carbocycles. The van der Waals surface area contributed by atoms with E-state index in [9.17, 15) is 9.90 Å². The Kier molecular flexibility index (Phi) is 6.17. The standard InChI is InChI=1S/C21H36O3/c1-6-8-16-11-12-21(24-19(23)20(4,5)7-2)17(13-16)10-9-15(3)18(21)14-22/h6,8,15-18,22H,7,9-14H2,1-5H3. The largest absolute Gasteiger partial charge is 0.458 e. The van der Waals surface area contributed by atoms with E-state index >= 15 is 0 Å². The summed E-state index contributed by atoms with van der Waals surface area (Å²) in [6, 6.07) is 0. The van der Waals surface area contributed by atoms with Crippen LogP contribution in [-0.4, -0.2) is 23.3 Å². The third-order valence-corrected chi connectivity index (χ3v) is 6.85. The molecule has 2 saturated carbocycles. The van der Waals surface area contributed by atoms with Crippen LogP contribution < -0.4 is 0 Å². The number of allylic oxidation sites excluding steroid dienone is 2. The number of ether oxygens (including phenoxy) is 1. The van der Waals surface area contributed by atoms with Crippen LogP contribution in [0.3, 0.4) is 0 Å². The highest BCUT2D eigenvalue weighted by Gasteiger charge is 2.55. The van der Waals surface area contributed by atoms with E-state index in [0.717, 1.165) is 38.5 Å². The summed E-state index contributed by atoms with van der Waals surface area (Å²) in [5.41, 5.74) is -0.922.